The summed E-state index contributed by atoms with van der Waals surface area (Å²) in [6.45, 7) is 1.57. The quantitative estimate of drug-likeness (QED) is 0.0225. The van der Waals surface area contributed by atoms with Crippen LogP contribution < -0.4 is 36.7 Å². The Morgan fingerprint density at radius 1 is 0.912 bits per heavy atom. The van der Waals surface area contributed by atoms with E-state index in [2.05, 4.69) is 16.0 Å². The van der Waals surface area contributed by atoms with Crippen molar-refractivity contribution in [3.05, 3.63) is 102 Å². The number of nitrogens with zero attached hydrogens (tertiary/aromatic N) is 3. The minimum absolute atomic E-state index is 0.00195. The molecule has 6 rings (SSSR count). The van der Waals surface area contributed by atoms with Crippen molar-refractivity contribution in [3.63, 3.8) is 0 Å². The summed E-state index contributed by atoms with van der Waals surface area (Å²) in [5.74, 6) is -4.26. The van der Waals surface area contributed by atoms with Crippen molar-refractivity contribution in [2.24, 2.45) is 11.7 Å². The number of piperidine rings is 1. The summed E-state index contributed by atoms with van der Waals surface area (Å²) in [5.41, 5.74) is 14.0. The highest BCUT2D eigenvalue weighted by molar-refractivity contribution is 6.15. The molecule has 11 N–H and O–H groups in total. The summed E-state index contributed by atoms with van der Waals surface area (Å²) in [6.07, 6.45) is 3.50. The molecule has 3 aliphatic heterocycles. The van der Waals surface area contributed by atoms with Gasteiger partial charge in [-0.1, -0.05) is 18.9 Å². The number of carboxylic acid groups (broad SMARTS) is 1. The number of aliphatic hydroxyl groups is 3. The SMILES string of the molecule is NCC(C(=O)NCCC(=O)Nc1cc(C[n+]2cccc(/C=C/C(=O)NCCCCC3CCN(C(=O)c4cccc(N)c4)CC3)c2)ccc1O[C@@H]1O[C@H](C(=O)O)[C@@H](O)[C@H](O)[C@H]1O)N1C(=O)C=CC1=O. The second-order valence-corrected chi connectivity index (χ2v) is 16.7. The maximum Gasteiger partial charge on any atom is 0.335 e. The van der Waals surface area contributed by atoms with Gasteiger partial charge in [-0.2, -0.15) is 0 Å². The number of pyridine rings is 1. The van der Waals surface area contributed by atoms with Crippen LogP contribution in [0.2, 0.25) is 0 Å². The predicted octanol–water partition coefficient (Wildman–Crippen LogP) is -0.575. The third kappa shape index (κ3) is 13.3. The zero-order valence-electron chi connectivity index (χ0n) is 37.1. The van der Waals surface area contributed by atoms with Gasteiger partial charge in [0.05, 0.1) is 5.69 Å². The van der Waals surface area contributed by atoms with Crippen molar-refractivity contribution in [2.75, 3.05) is 43.8 Å². The lowest BCUT2D eigenvalue weighted by molar-refractivity contribution is -0.688. The van der Waals surface area contributed by atoms with Gasteiger partial charge in [0.25, 0.3) is 17.7 Å². The van der Waals surface area contributed by atoms with Gasteiger partial charge in [0.1, 0.15) is 30.1 Å². The average Bonchev–Trinajstić information content (AvgIpc) is 3.65. The number of nitrogens with one attached hydrogen (secondary N) is 3. The molecule has 2 aromatic carbocycles. The molecule has 68 heavy (non-hydrogen) atoms. The Hall–Kier alpha value is -7.04. The fourth-order valence-electron chi connectivity index (χ4n) is 8.06. The molecule has 0 spiro atoms. The van der Waals surface area contributed by atoms with Crippen molar-refractivity contribution < 1.29 is 68.0 Å². The molecule has 3 aromatic rings. The molecule has 0 bridgehead atoms. The molecule has 0 saturated carbocycles. The monoisotopic (exact) mass is 941 g/mol. The summed E-state index contributed by atoms with van der Waals surface area (Å²) in [6, 6.07) is 13.9. The summed E-state index contributed by atoms with van der Waals surface area (Å²) in [5, 5.41) is 48.7. The zero-order chi connectivity index (χ0) is 48.9. The van der Waals surface area contributed by atoms with E-state index in [1.165, 1.54) is 12.1 Å². The molecule has 1 aromatic heterocycles. The molecule has 6 amide bonds. The summed E-state index contributed by atoms with van der Waals surface area (Å²) in [4.78, 5) is 90.1. The highest BCUT2D eigenvalue weighted by atomic mass is 16.7. The number of nitrogens with two attached hydrogens (primary N) is 2. The zero-order valence-corrected chi connectivity index (χ0v) is 37.1. The van der Waals surface area contributed by atoms with Gasteiger partial charge in [-0.3, -0.25) is 33.7 Å². The van der Waals surface area contributed by atoms with Crippen LogP contribution in [0.4, 0.5) is 11.4 Å². The Morgan fingerprint density at radius 3 is 2.37 bits per heavy atom. The number of aliphatic carboxylic acids is 1. The number of aromatic nitrogens is 1. The molecule has 6 atom stereocenters. The lowest BCUT2D eigenvalue weighted by atomic mass is 9.91. The molecular weight excluding hydrogens is 885 g/mol. The van der Waals surface area contributed by atoms with E-state index in [1.807, 2.05) is 15.5 Å². The first kappa shape index (κ1) is 50.4. The van der Waals surface area contributed by atoms with Crippen molar-refractivity contribution in [1.29, 1.82) is 0 Å². The minimum Gasteiger partial charge on any atom is -0.479 e. The molecular formula is C47H57N8O13+. The molecule has 21 heteroatoms. The average molecular weight is 942 g/mol. The fourth-order valence-corrected chi connectivity index (χ4v) is 8.06. The normalized spacial score (nSPS) is 21.1. The number of carbonyl (C=O) groups is 7. The smallest absolute Gasteiger partial charge is 0.335 e. The van der Waals surface area contributed by atoms with Crippen molar-refractivity contribution in [3.8, 4) is 5.75 Å². The maximum absolute atomic E-state index is 13.3. The molecule has 1 unspecified atom stereocenters. The van der Waals surface area contributed by atoms with E-state index in [-0.39, 0.29) is 49.3 Å². The van der Waals surface area contributed by atoms with Crippen molar-refractivity contribution in [1.82, 2.24) is 20.4 Å². The highest BCUT2D eigenvalue weighted by Gasteiger charge is 2.48. The van der Waals surface area contributed by atoms with Gasteiger partial charge in [-0.25, -0.2) is 9.36 Å². The first-order valence-corrected chi connectivity index (χ1v) is 22.3. The van der Waals surface area contributed by atoms with Crippen LogP contribution in [-0.2, 0) is 40.0 Å². The van der Waals surface area contributed by atoms with Gasteiger partial charge >= 0.3 is 5.97 Å². The number of hydrogen-bond acceptors (Lipinski definition) is 14. The summed E-state index contributed by atoms with van der Waals surface area (Å²) >= 11 is 0. The molecule has 0 radical (unpaired) electrons. The number of unbranched alkanes of at least 4 members (excludes halogenated alkanes) is 1. The van der Waals surface area contributed by atoms with E-state index in [1.54, 1.807) is 60.9 Å². The van der Waals surface area contributed by atoms with Gasteiger partial charge in [0.2, 0.25) is 24.0 Å². The Kier molecular flexibility index (Phi) is 17.5. The molecule has 4 heterocycles. The maximum atomic E-state index is 13.3. The van der Waals surface area contributed by atoms with Crippen LogP contribution >= 0.6 is 0 Å². The number of rotatable bonds is 20. The Bertz CT molecular complexity index is 2390. The van der Waals surface area contributed by atoms with Gasteiger partial charge in [0.15, 0.2) is 25.0 Å². The molecule has 21 nitrogen and oxygen atoms in total. The van der Waals surface area contributed by atoms with Crippen LogP contribution in [0.25, 0.3) is 6.08 Å². The number of carbonyl (C=O) groups excluding carboxylic acids is 6. The van der Waals surface area contributed by atoms with E-state index in [0.29, 0.717) is 52.8 Å². The van der Waals surface area contributed by atoms with Crippen LogP contribution in [0.15, 0.2) is 85.2 Å². The second-order valence-electron chi connectivity index (χ2n) is 16.7. The number of nitrogen functional groups attached to an aromatic ring is 1. The topological polar surface area (TPSA) is 317 Å². The highest BCUT2D eigenvalue weighted by Crippen LogP contribution is 2.31. The first-order chi connectivity index (χ1) is 32.6. The second kappa shape index (κ2) is 23.6. The summed E-state index contributed by atoms with van der Waals surface area (Å²) < 4.78 is 12.9. The van der Waals surface area contributed by atoms with E-state index in [4.69, 9.17) is 20.9 Å². The standard InChI is InChI=1S/C47H56N8O13/c48-25-34(55-38(58)13-14-39(55)59)44(63)51-19-15-37(57)52-33-23-30(9-11-35(33)67-47-42(62)40(60)41(61)43(68-47)46(65)66)27-53-20-4-6-29(26-53)10-12-36(56)50-18-2-1-5-28-16-21-54(22-17-28)45(64)31-7-3-8-32(49)24-31/h3-4,6-14,20,23-24,26,28,34,40-43,47,60-62H,1-2,5,15-19,21-22,25,27,48-49H2,(H3-,50,51,52,56,57,63,65,66)/p+1/b12-10+/t34?,40-,41-,42+,43-,47+/m0/s1. The predicted molar refractivity (Wildman–Crippen MR) is 243 cm³/mol. The Morgan fingerprint density at radius 2 is 1.66 bits per heavy atom. The lowest BCUT2D eigenvalue weighted by Crippen LogP contribution is -2.61. The lowest BCUT2D eigenvalue weighted by Gasteiger charge is -2.38. The first-order valence-electron chi connectivity index (χ1n) is 22.3. The number of amides is 6. The van der Waals surface area contributed by atoms with Crippen LogP contribution in [0.5, 0.6) is 5.75 Å². The van der Waals surface area contributed by atoms with Crippen LogP contribution in [0.1, 0.15) is 60.0 Å². The molecule has 3 aliphatic rings. The van der Waals surface area contributed by atoms with Gasteiger partial charge < -0.3 is 62.2 Å². The fraction of sp³-hybridized carbons (Fsp3) is 0.404. The van der Waals surface area contributed by atoms with Crippen molar-refractivity contribution in [2.45, 2.75) is 81.8 Å². The van der Waals surface area contributed by atoms with Crippen LogP contribution in [0, 0.1) is 5.92 Å². The minimum atomic E-state index is -1.97. The third-order valence-corrected chi connectivity index (χ3v) is 11.8. The van der Waals surface area contributed by atoms with Gasteiger partial charge in [0, 0.05) is 85.8 Å². The molecule has 0 aliphatic carbocycles. The van der Waals surface area contributed by atoms with E-state index >= 15 is 0 Å². The van der Waals surface area contributed by atoms with E-state index < -0.39 is 66.3 Å². The number of aliphatic hydroxyl groups excluding tert-OH is 3. The number of imide groups is 1. The van der Waals surface area contributed by atoms with Crippen LogP contribution in [0.3, 0.4) is 0 Å². The number of likely N-dealkylation sites (tertiary alicyclic amines) is 1. The number of carboxylic acids is 1. The third-order valence-electron chi connectivity index (χ3n) is 11.8. The Labute approximate surface area is 391 Å². The largest absolute Gasteiger partial charge is 0.479 e. The van der Waals surface area contributed by atoms with Crippen LogP contribution in [-0.4, -0.2) is 141 Å². The number of hydrogen-bond donors (Lipinski definition) is 9. The van der Waals surface area contributed by atoms with E-state index in [0.717, 1.165) is 44.3 Å². The number of anilines is 2. The Balaban J connectivity index is 1.02. The van der Waals surface area contributed by atoms with Crippen molar-refractivity contribution >= 4 is 58.9 Å². The molecule has 362 valence electrons. The van der Waals surface area contributed by atoms with E-state index in [9.17, 15) is 54.0 Å². The molecule has 2 saturated heterocycles. The number of ether oxygens (including phenoxy) is 2. The number of benzene rings is 2. The molecule has 2 fully saturated rings. The van der Waals surface area contributed by atoms with Gasteiger partial charge in [-0.05, 0) is 73.7 Å². The van der Waals surface area contributed by atoms with Gasteiger partial charge in [-0.15, -0.1) is 0 Å². The summed E-state index contributed by atoms with van der Waals surface area (Å²) in [7, 11) is 0.